The molecule has 118 valence electrons. The van der Waals surface area contributed by atoms with E-state index in [-0.39, 0.29) is 0 Å². The maximum Gasteiger partial charge on any atom is 0.124 e. The number of ether oxygens (including phenoxy) is 2. The first-order valence-electron chi connectivity index (χ1n) is 8.10. The van der Waals surface area contributed by atoms with Crippen LogP contribution in [0.3, 0.4) is 0 Å². The summed E-state index contributed by atoms with van der Waals surface area (Å²) >= 11 is 0. The van der Waals surface area contributed by atoms with E-state index in [9.17, 15) is 5.11 Å². The van der Waals surface area contributed by atoms with Crippen LogP contribution < -0.4 is 4.74 Å². The van der Waals surface area contributed by atoms with Gasteiger partial charge in [-0.25, -0.2) is 0 Å². The second-order valence-electron chi connectivity index (χ2n) is 6.12. The Hall–Kier alpha value is -1.06. The maximum absolute atomic E-state index is 9.71. The highest BCUT2D eigenvalue weighted by molar-refractivity contribution is 5.37. The Kier molecular flexibility index (Phi) is 6.07. The monoisotopic (exact) mass is 292 g/mol. The van der Waals surface area contributed by atoms with Crippen LogP contribution in [0.15, 0.2) is 18.2 Å². The summed E-state index contributed by atoms with van der Waals surface area (Å²) in [4.78, 5) is 0. The van der Waals surface area contributed by atoms with Gasteiger partial charge in [-0.1, -0.05) is 32.3 Å². The lowest BCUT2D eigenvalue weighted by atomic mass is 9.85. The van der Waals surface area contributed by atoms with Crippen molar-refractivity contribution < 1.29 is 14.6 Å². The van der Waals surface area contributed by atoms with Crippen molar-refractivity contribution >= 4 is 0 Å². The molecular formula is C18H28O3. The molecule has 1 fully saturated rings. The second-order valence-corrected chi connectivity index (χ2v) is 6.12. The predicted molar refractivity (Wildman–Crippen MR) is 84.5 cm³/mol. The zero-order valence-electron chi connectivity index (χ0n) is 13.5. The van der Waals surface area contributed by atoms with E-state index in [1.807, 2.05) is 18.2 Å². The third kappa shape index (κ3) is 4.45. The molecule has 3 atom stereocenters. The summed E-state index contributed by atoms with van der Waals surface area (Å²) in [6.45, 7) is 4.60. The van der Waals surface area contributed by atoms with E-state index < -0.39 is 6.10 Å². The van der Waals surface area contributed by atoms with Gasteiger partial charge in [0.1, 0.15) is 5.75 Å². The first kappa shape index (κ1) is 16.3. The highest BCUT2D eigenvalue weighted by atomic mass is 16.5. The molecule has 1 aliphatic carbocycles. The van der Waals surface area contributed by atoms with Gasteiger partial charge >= 0.3 is 0 Å². The molecule has 1 aromatic rings. The average molecular weight is 292 g/mol. The molecular weight excluding hydrogens is 264 g/mol. The van der Waals surface area contributed by atoms with Gasteiger partial charge in [0, 0.05) is 5.56 Å². The van der Waals surface area contributed by atoms with Gasteiger partial charge in [-0.05, 0) is 43.4 Å². The van der Waals surface area contributed by atoms with Crippen LogP contribution in [-0.2, 0) is 11.3 Å². The van der Waals surface area contributed by atoms with Crippen LogP contribution in [0.4, 0.5) is 0 Å². The van der Waals surface area contributed by atoms with Gasteiger partial charge in [-0.3, -0.25) is 0 Å². The third-order valence-corrected chi connectivity index (χ3v) is 4.57. The smallest absolute Gasteiger partial charge is 0.124 e. The standard InChI is InChI=1S/C18H28O3/c1-4-14-6-5-7-17(10-14)21-12-16-11-15(13(2)19)8-9-18(16)20-3/h8-9,11,13-14,17,19H,4-7,10,12H2,1-3H3. The van der Waals surface area contributed by atoms with Gasteiger partial charge < -0.3 is 14.6 Å². The van der Waals surface area contributed by atoms with Crippen molar-refractivity contribution in [2.24, 2.45) is 5.92 Å². The lowest BCUT2D eigenvalue weighted by molar-refractivity contribution is 0.00100. The molecule has 1 aromatic carbocycles. The summed E-state index contributed by atoms with van der Waals surface area (Å²) in [5.74, 6) is 1.65. The molecule has 3 heteroatoms. The van der Waals surface area contributed by atoms with E-state index >= 15 is 0 Å². The fourth-order valence-electron chi connectivity index (χ4n) is 3.14. The lowest BCUT2D eigenvalue weighted by Gasteiger charge is -2.28. The van der Waals surface area contributed by atoms with Gasteiger partial charge in [-0.15, -0.1) is 0 Å². The molecule has 0 spiro atoms. The number of hydrogen-bond acceptors (Lipinski definition) is 3. The first-order chi connectivity index (χ1) is 10.1. The Morgan fingerprint density at radius 2 is 2.14 bits per heavy atom. The molecule has 1 aliphatic rings. The molecule has 0 saturated heterocycles. The zero-order valence-corrected chi connectivity index (χ0v) is 13.5. The van der Waals surface area contributed by atoms with E-state index in [0.717, 1.165) is 29.2 Å². The van der Waals surface area contributed by atoms with Crippen molar-refractivity contribution in [1.29, 1.82) is 0 Å². The summed E-state index contributed by atoms with van der Waals surface area (Å²) in [5, 5.41) is 9.71. The summed E-state index contributed by atoms with van der Waals surface area (Å²) < 4.78 is 11.5. The molecule has 0 aromatic heterocycles. The van der Waals surface area contributed by atoms with E-state index in [0.29, 0.717) is 12.7 Å². The van der Waals surface area contributed by atoms with Crippen molar-refractivity contribution in [3.05, 3.63) is 29.3 Å². The minimum Gasteiger partial charge on any atom is -0.496 e. The summed E-state index contributed by atoms with van der Waals surface area (Å²) in [5.41, 5.74) is 1.93. The number of methoxy groups -OCH3 is 1. The molecule has 1 N–H and O–H groups in total. The average Bonchev–Trinajstić information content (AvgIpc) is 2.52. The van der Waals surface area contributed by atoms with E-state index in [1.165, 1.54) is 25.7 Å². The Bertz CT molecular complexity index is 442. The quantitative estimate of drug-likeness (QED) is 0.852. The minimum atomic E-state index is -0.464. The Morgan fingerprint density at radius 3 is 2.81 bits per heavy atom. The maximum atomic E-state index is 9.71. The Labute approximate surface area is 128 Å². The van der Waals surface area contributed by atoms with Crippen molar-refractivity contribution in [3.8, 4) is 5.75 Å². The topological polar surface area (TPSA) is 38.7 Å². The van der Waals surface area contributed by atoms with Gasteiger partial charge in [-0.2, -0.15) is 0 Å². The van der Waals surface area contributed by atoms with Gasteiger partial charge in [0.2, 0.25) is 0 Å². The van der Waals surface area contributed by atoms with Crippen LogP contribution in [0.25, 0.3) is 0 Å². The van der Waals surface area contributed by atoms with Crippen LogP contribution in [-0.4, -0.2) is 18.3 Å². The molecule has 3 nitrogen and oxygen atoms in total. The fraction of sp³-hybridized carbons (Fsp3) is 0.667. The molecule has 2 rings (SSSR count). The van der Waals surface area contributed by atoms with Crippen LogP contribution in [0, 0.1) is 5.92 Å². The van der Waals surface area contributed by atoms with Crippen molar-refractivity contribution in [2.45, 2.75) is 64.8 Å². The van der Waals surface area contributed by atoms with Gasteiger partial charge in [0.25, 0.3) is 0 Å². The second kappa shape index (κ2) is 7.81. The Morgan fingerprint density at radius 1 is 1.33 bits per heavy atom. The molecule has 3 unspecified atom stereocenters. The van der Waals surface area contributed by atoms with E-state index in [1.54, 1.807) is 14.0 Å². The largest absolute Gasteiger partial charge is 0.496 e. The lowest BCUT2D eigenvalue weighted by Crippen LogP contribution is -2.22. The van der Waals surface area contributed by atoms with Crippen LogP contribution >= 0.6 is 0 Å². The van der Waals surface area contributed by atoms with Crippen LogP contribution in [0.5, 0.6) is 5.75 Å². The first-order valence-corrected chi connectivity index (χ1v) is 8.10. The SMILES string of the molecule is CCC1CCCC(OCc2cc(C(C)O)ccc2OC)C1. The molecule has 0 heterocycles. The summed E-state index contributed by atoms with van der Waals surface area (Å²) in [6.07, 6.45) is 6.10. The number of benzene rings is 1. The molecule has 0 bridgehead atoms. The molecule has 0 amide bonds. The molecule has 21 heavy (non-hydrogen) atoms. The van der Waals surface area contributed by atoms with Gasteiger partial charge in [0.15, 0.2) is 0 Å². The number of aliphatic hydroxyl groups excluding tert-OH is 1. The number of hydrogen-bond donors (Lipinski definition) is 1. The highest BCUT2D eigenvalue weighted by Gasteiger charge is 2.21. The van der Waals surface area contributed by atoms with E-state index in [4.69, 9.17) is 9.47 Å². The molecule has 0 aliphatic heterocycles. The normalized spacial score (nSPS) is 23.8. The van der Waals surface area contributed by atoms with Crippen molar-refractivity contribution in [3.63, 3.8) is 0 Å². The summed E-state index contributed by atoms with van der Waals surface area (Å²) in [7, 11) is 1.68. The van der Waals surface area contributed by atoms with Gasteiger partial charge in [0.05, 0.1) is 25.9 Å². The van der Waals surface area contributed by atoms with Crippen LogP contribution in [0.2, 0.25) is 0 Å². The highest BCUT2D eigenvalue weighted by Crippen LogP contribution is 2.30. The predicted octanol–water partition coefficient (Wildman–Crippen LogP) is 4.23. The third-order valence-electron chi connectivity index (χ3n) is 4.57. The van der Waals surface area contributed by atoms with Crippen molar-refractivity contribution in [2.75, 3.05) is 7.11 Å². The number of aliphatic hydroxyl groups is 1. The van der Waals surface area contributed by atoms with E-state index in [2.05, 4.69) is 6.92 Å². The molecule has 0 radical (unpaired) electrons. The van der Waals surface area contributed by atoms with Crippen molar-refractivity contribution in [1.82, 2.24) is 0 Å². The van der Waals surface area contributed by atoms with Crippen LogP contribution in [0.1, 0.15) is 63.2 Å². The Balaban J connectivity index is 1.99. The zero-order chi connectivity index (χ0) is 15.2. The number of rotatable bonds is 6. The minimum absolute atomic E-state index is 0.364. The fourth-order valence-corrected chi connectivity index (χ4v) is 3.14. The molecule has 1 saturated carbocycles. The summed E-state index contributed by atoms with van der Waals surface area (Å²) in [6, 6.07) is 5.81.